The lowest BCUT2D eigenvalue weighted by Gasteiger charge is -2.32. The fourth-order valence-electron chi connectivity index (χ4n) is 5.22. The van der Waals surface area contributed by atoms with Crippen molar-refractivity contribution in [2.24, 2.45) is 0 Å². The first kappa shape index (κ1) is 26.3. The molecule has 0 radical (unpaired) electrons. The molecule has 1 amide bonds. The van der Waals surface area contributed by atoms with Gasteiger partial charge in [0.05, 0.1) is 5.52 Å². The van der Waals surface area contributed by atoms with Crippen molar-refractivity contribution in [3.05, 3.63) is 72.1 Å². The number of amides is 1. The first-order valence-electron chi connectivity index (χ1n) is 13.1. The Balaban J connectivity index is 1.17. The number of rotatable bonds is 7. The van der Waals surface area contributed by atoms with Crippen LogP contribution in [0.4, 0.5) is 0 Å². The van der Waals surface area contributed by atoms with Crippen molar-refractivity contribution in [3.8, 4) is 0 Å². The van der Waals surface area contributed by atoms with Crippen LogP contribution in [-0.2, 0) is 10.0 Å². The first-order valence-corrected chi connectivity index (χ1v) is 14.6. The number of aromatic amines is 1. The van der Waals surface area contributed by atoms with Gasteiger partial charge in [0.1, 0.15) is 4.90 Å². The van der Waals surface area contributed by atoms with E-state index in [9.17, 15) is 13.2 Å². The summed E-state index contributed by atoms with van der Waals surface area (Å²) in [6, 6.07) is 14.7. The highest BCUT2D eigenvalue weighted by atomic mass is 32.2. The zero-order valence-corrected chi connectivity index (χ0v) is 22.9. The maximum absolute atomic E-state index is 13.0. The Morgan fingerprint density at radius 1 is 1.11 bits per heavy atom. The van der Waals surface area contributed by atoms with Gasteiger partial charge in [0.25, 0.3) is 5.91 Å². The number of hydrogen-bond donors (Lipinski definition) is 3. The second-order valence-corrected chi connectivity index (χ2v) is 12.8. The van der Waals surface area contributed by atoms with Gasteiger partial charge in [0.2, 0.25) is 10.0 Å². The first-order chi connectivity index (χ1) is 18.1. The van der Waals surface area contributed by atoms with Gasteiger partial charge in [-0.3, -0.25) is 9.78 Å². The number of pyridine rings is 1. The summed E-state index contributed by atoms with van der Waals surface area (Å²) in [7, 11) is -3.65. The number of nitrogens with zero attached hydrogens (tertiary/aromatic N) is 2. The molecule has 9 heteroatoms. The lowest BCUT2D eigenvalue weighted by atomic mass is 9.89. The Kier molecular flexibility index (Phi) is 7.26. The van der Waals surface area contributed by atoms with Gasteiger partial charge in [-0.05, 0) is 82.4 Å². The highest BCUT2D eigenvalue weighted by Crippen LogP contribution is 2.33. The van der Waals surface area contributed by atoms with Crippen LogP contribution in [-0.4, -0.2) is 60.9 Å². The summed E-state index contributed by atoms with van der Waals surface area (Å²) in [5, 5.41) is 4.98. The van der Waals surface area contributed by atoms with Gasteiger partial charge in [-0.15, -0.1) is 0 Å². The number of para-hydroxylation sites is 1. The van der Waals surface area contributed by atoms with Gasteiger partial charge in [-0.1, -0.05) is 24.3 Å². The van der Waals surface area contributed by atoms with Gasteiger partial charge in [-0.2, -0.15) is 0 Å². The third kappa shape index (κ3) is 5.75. The molecule has 5 rings (SSSR count). The quantitative estimate of drug-likeness (QED) is 0.326. The standard InChI is InChI=1S/C29H35N5O3S/c1-29(2,3)33-28(35)22-9-10-23-24(19-31-25(23)18-22)20-11-15-34(16-12-20)17-14-32-38(36,37)26-8-4-6-21-7-5-13-30-27(21)26/h4-10,13,18-20,31-32H,11-12,14-17H2,1-3H3,(H,33,35). The molecule has 200 valence electrons. The van der Waals surface area contributed by atoms with Crippen LogP contribution in [0, 0.1) is 0 Å². The highest BCUT2D eigenvalue weighted by molar-refractivity contribution is 7.89. The van der Waals surface area contributed by atoms with E-state index in [1.807, 2.05) is 51.1 Å². The van der Waals surface area contributed by atoms with E-state index < -0.39 is 10.0 Å². The molecule has 1 fully saturated rings. The van der Waals surface area contributed by atoms with E-state index >= 15 is 0 Å². The van der Waals surface area contributed by atoms with Crippen LogP contribution in [0.2, 0.25) is 0 Å². The fraction of sp³-hybridized carbons (Fsp3) is 0.379. The van der Waals surface area contributed by atoms with Gasteiger partial charge >= 0.3 is 0 Å². The predicted molar refractivity (Wildman–Crippen MR) is 151 cm³/mol. The van der Waals surface area contributed by atoms with Crippen LogP contribution < -0.4 is 10.0 Å². The van der Waals surface area contributed by atoms with E-state index in [4.69, 9.17) is 0 Å². The molecule has 1 aliphatic rings. The van der Waals surface area contributed by atoms with Crippen molar-refractivity contribution in [1.82, 2.24) is 24.9 Å². The van der Waals surface area contributed by atoms with E-state index in [1.165, 1.54) is 5.56 Å². The average Bonchev–Trinajstić information content (AvgIpc) is 3.31. The summed E-state index contributed by atoms with van der Waals surface area (Å²) in [6.07, 6.45) is 5.68. The molecule has 2 aromatic heterocycles. The fourth-order valence-corrected chi connectivity index (χ4v) is 6.42. The molecule has 1 aliphatic heterocycles. The summed E-state index contributed by atoms with van der Waals surface area (Å²) in [6.45, 7) is 8.73. The predicted octanol–water partition coefficient (Wildman–Crippen LogP) is 4.40. The minimum Gasteiger partial charge on any atom is -0.361 e. The molecule has 3 N–H and O–H groups in total. The number of benzene rings is 2. The number of carbonyl (C=O) groups is 1. The van der Waals surface area contributed by atoms with Crippen LogP contribution in [0.25, 0.3) is 21.8 Å². The molecule has 0 atom stereocenters. The summed E-state index contributed by atoms with van der Waals surface area (Å²) in [4.78, 5) is 22.7. The van der Waals surface area contributed by atoms with E-state index in [0.29, 0.717) is 30.1 Å². The molecule has 0 aliphatic carbocycles. The van der Waals surface area contributed by atoms with Crippen LogP contribution in [0.3, 0.4) is 0 Å². The molecular formula is C29H35N5O3S. The van der Waals surface area contributed by atoms with Crippen molar-refractivity contribution in [2.45, 2.75) is 50.0 Å². The molecule has 8 nitrogen and oxygen atoms in total. The van der Waals surface area contributed by atoms with Crippen LogP contribution in [0.1, 0.15) is 55.5 Å². The SMILES string of the molecule is CC(C)(C)NC(=O)c1ccc2c(C3CCN(CCNS(=O)(=O)c4cccc5cccnc45)CC3)c[nH]c2c1. The topological polar surface area (TPSA) is 107 Å². The maximum atomic E-state index is 13.0. The largest absolute Gasteiger partial charge is 0.361 e. The van der Waals surface area contributed by atoms with Crippen molar-refractivity contribution in [1.29, 1.82) is 0 Å². The summed E-state index contributed by atoms with van der Waals surface area (Å²) >= 11 is 0. The minimum atomic E-state index is -3.65. The molecule has 0 unspecified atom stereocenters. The smallest absolute Gasteiger partial charge is 0.251 e. The van der Waals surface area contributed by atoms with Gasteiger partial charge in [-0.25, -0.2) is 13.1 Å². The number of likely N-dealkylation sites (tertiary alicyclic amines) is 1. The van der Waals surface area contributed by atoms with Crippen molar-refractivity contribution >= 4 is 37.7 Å². The molecule has 1 saturated heterocycles. The Hall–Kier alpha value is -3.27. The number of fused-ring (bicyclic) bond motifs is 2. The monoisotopic (exact) mass is 533 g/mol. The van der Waals surface area contributed by atoms with Crippen molar-refractivity contribution in [3.63, 3.8) is 0 Å². The van der Waals surface area contributed by atoms with Crippen LogP contribution in [0.5, 0.6) is 0 Å². The van der Waals surface area contributed by atoms with E-state index in [2.05, 4.69) is 31.1 Å². The normalized spacial score (nSPS) is 15.8. The van der Waals surface area contributed by atoms with Crippen molar-refractivity contribution in [2.75, 3.05) is 26.2 Å². The number of nitrogens with one attached hydrogen (secondary N) is 3. The number of sulfonamides is 1. The van der Waals surface area contributed by atoms with E-state index in [-0.39, 0.29) is 16.3 Å². The molecule has 0 bridgehead atoms. The zero-order chi connectivity index (χ0) is 26.9. The lowest BCUT2D eigenvalue weighted by molar-refractivity contribution is 0.0919. The van der Waals surface area contributed by atoms with E-state index in [1.54, 1.807) is 24.4 Å². The average molecular weight is 534 g/mol. The Morgan fingerprint density at radius 3 is 2.63 bits per heavy atom. The highest BCUT2D eigenvalue weighted by Gasteiger charge is 2.24. The second-order valence-electron chi connectivity index (χ2n) is 11.1. The third-order valence-corrected chi connectivity index (χ3v) is 8.59. The molecule has 2 aromatic carbocycles. The molecule has 0 spiro atoms. The Labute approximate surface area is 223 Å². The number of carbonyl (C=O) groups excluding carboxylic acids is 1. The van der Waals surface area contributed by atoms with E-state index in [0.717, 1.165) is 42.2 Å². The molecule has 0 saturated carbocycles. The molecule has 38 heavy (non-hydrogen) atoms. The Morgan fingerprint density at radius 2 is 1.87 bits per heavy atom. The van der Waals surface area contributed by atoms with Crippen LogP contribution in [0.15, 0.2) is 65.8 Å². The summed E-state index contributed by atoms with van der Waals surface area (Å²) < 4.78 is 28.7. The maximum Gasteiger partial charge on any atom is 0.251 e. The second kappa shape index (κ2) is 10.5. The van der Waals surface area contributed by atoms with Gasteiger partial charge in [0.15, 0.2) is 0 Å². The molecule has 3 heterocycles. The minimum absolute atomic E-state index is 0.0730. The number of piperidine rings is 1. The zero-order valence-electron chi connectivity index (χ0n) is 22.1. The third-order valence-electron chi connectivity index (χ3n) is 7.10. The summed E-state index contributed by atoms with van der Waals surface area (Å²) in [5.41, 5.74) is 3.11. The number of hydrogen-bond acceptors (Lipinski definition) is 5. The lowest BCUT2D eigenvalue weighted by Crippen LogP contribution is -2.40. The van der Waals surface area contributed by atoms with Gasteiger partial charge in [0, 0.05) is 52.9 Å². The number of H-pyrrole nitrogens is 1. The van der Waals surface area contributed by atoms with Gasteiger partial charge < -0.3 is 15.2 Å². The number of aromatic nitrogens is 2. The molecular weight excluding hydrogens is 498 g/mol. The van der Waals surface area contributed by atoms with Crippen molar-refractivity contribution < 1.29 is 13.2 Å². The van der Waals surface area contributed by atoms with Crippen LogP contribution >= 0.6 is 0 Å². The Bertz CT molecular complexity index is 1560. The summed E-state index contributed by atoms with van der Waals surface area (Å²) in [5.74, 6) is 0.351. The molecule has 4 aromatic rings.